The lowest BCUT2D eigenvalue weighted by Crippen LogP contribution is -2.55. The molecular weight excluding hydrogens is 384 g/mol. The normalized spacial score (nSPS) is 15.7. The molecular formula is C22H28N4O4. The Kier molecular flexibility index (Phi) is 7.22. The summed E-state index contributed by atoms with van der Waals surface area (Å²) in [6, 6.07) is 6.27. The molecule has 2 amide bonds. The Morgan fingerprint density at radius 2 is 1.80 bits per heavy atom. The van der Waals surface area contributed by atoms with Crippen LogP contribution in [0.2, 0.25) is 0 Å². The molecule has 1 aromatic carbocycles. The number of benzene rings is 1. The van der Waals surface area contributed by atoms with Crippen molar-refractivity contribution in [2.75, 3.05) is 13.1 Å². The first kappa shape index (κ1) is 22.9. The maximum atomic E-state index is 13.0. The molecule has 5 N–H and O–H groups in total. The van der Waals surface area contributed by atoms with Gasteiger partial charge < -0.3 is 21.1 Å². The summed E-state index contributed by atoms with van der Waals surface area (Å²) in [6.45, 7) is 4.31. The lowest BCUT2D eigenvalue weighted by Gasteiger charge is -2.37. The van der Waals surface area contributed by atoms with Gasteiger partial charge in [0.15, 0.2) is 0 Å². The standard InChI is InChI=1S/C22H28N4O4/c1-4-17(21(30)26-11-9-14(10-12-26)13-18(27)28)22(2,3)25-20(29)16-7-5-15(6-8-16)19(23)24/h1,5-8,14,17H,9-13H2,2-3H3,(H3,23,24)(H,25,29)(H,27,28). The van der Waals surface area contributed by atoms with Crippen LogP contribution in [0.15, 0.2) is 24.3 Å². The average Bonchev–Trinajstić information content (AvgIpc) is 2.68. The predicted octanol–water partition coefficient (Wildman–Crippen LogP) is 1.44. The largest absolute Gasteiger partial charge is 0.481 e. The van der Waals surface area contributed by atoms with Gasteiger partial charge in [-0.05, 0) is 44.7 Å². The molecule has 1 aromatic rings. The van der Waals surface area contributed by atoms with Crippen LogP contribution in [-0.4, -0.2) is 52.3 Å². The number of carboxylic acid groups (broad SMARTS) is 1. The Labute approximate surface area is 176 Å². The van der Waals surface area contributed by atoms with E-state index in [4.69, 9.17) is 22.7 Å². The van der Waals surface area contributed by atoms with E-state index in [1.165, 1.54) is 0 Å². The van der Waals surface area contributed by atoms with Crippen molar-refractivity contribution >= 4 is 23.6 Å². The first-order valence-corrected chi connectivity index (χ1v) is 9.79. The summed E-state index contributed by atoms with van der Waals surface area (Å²) in [6.07, 6.45) is 7.00. The molecule has 1 unspecified atom stereocenters. The zero-order valence-electron chi connectivity index (χ0n) is 17.3. The van der Waals surface area contributed by atoms with Crippen molar-refractivity contribution < 1.29 is 19.5 Å². The number of carboxylic acids is 1. The van der Waals surface area contributed by atoms with Gasteiger partial charge in [-0.1, -0.05) is 18.1 Å². The number of nitrogens with one attached hydrogen (secondary N) is 2. The van der Waals surface area contributed by atoms with Crippen LogP contribution in [0.5, 0.6) is 0 Å². The fourth-order valence-corrected chi connectivity index (χ4v) is 3.61. The number of likely N-dealkylation sites (tertiary alicyclic amines) is 1. The van der Waals surface area contributed by atoms with Crippen LogP contribution in [-0.2, 0) is 9.59 Å². The number of nitrogens with zero attached hydrogens (tertiary/aromatic N) is 1. The van der Waals surface area contributed by atoms with Crippen molar-refractivity contribution in [2.24, 2.45) is 17.6 Å². The van der Waals surface area contributed by atoms with Gasteiger partial charge >= 0.3 is 5.97 Å². The van der Waals surface area contributed by atoms with Gasteiger partial charge in [-0.15, -0.1) is 6.42 Å². The van der Waals surface area contributed by atoms with E-state index in [0.29, 0.717) is 37.1 Å². The van der Waals surface area contributed by atoms with E-state index < -0.39 is 17.4 Å². The second kappa shape index (κ2) is 9.44. The number of carbonyl (C=O) groups excluding carboxylic acids is 2. The number of hydrogen-bond acceptors (Lipinski definition) is 4. The molecule has 0 aromatic heterocycles. The van der Waals surface area contributed by atoms with Gasteiger partial charge in [-0.25, -0.2) is 0 Å². The monoisotopic (exact) mass is 412 g/mol. The average molecular weight is 412 g/mol. The van der Waals surface area contributed by atoms with Crippen molar-refractivity contribution in [2.45, 2.75) is 38.6 Å². The van der Waals surface area contributed by atoms with Crippen molar-refractivity contribution in [1.82, 2.24) is 10.2 Å². The van der Waals surface area contributed by atoms with Crippen LogP contribution >= 0.6 is 0 Å². The number of nitrogens with two attached hydrogens (primary N) is 1. The summed E-state index contributed by atoms with van der Waals surface area (Å²) < 4.78 is 0. The second-order valence-corrected chi connectivity index (χ2v) is 8.13. The van der Waals surface area contributed by atoms with Gasteiger partial charge in [0.25, 0.3) is 5.91 Å². The molecule has 1 heterocycles. The molecule has 1 atom stereocenters. The Hall–Kier alpha value is -3.34. The van der Waals surface area contributed by atoms with Crippen molar-refractivity contribution in [3.8, 4) is 12.3 Å². The number of nitrogen functional groups attached to an aromatic ring is 1. The molecule has 1 aliphatic heterocycles. The summed E-state index contributed by atoms with van der Waals surface area (Å²) in [5, 5.41) is 19.2. The van der Waals surface area contributed by atoms with Crippen LogP contribution in [0.25, 0.3) is 0 Å². The maximum absolute atomic E-state index is 13.0. The fourth-order valence-electron chi connectivity index (χ4n) is 3.61. The summed E-state index contributed by atoms with van der Waals surface area (Å²) in [7, 11) is 0. The van der Waals surface area contributed by atoms with E-state index in [0.717, 1.165) is 0 Å². The first-order chi connectivity index (χ1) is 14.0. The minimum atomic E-state index is -1.000. The minimum absolute atomic E-state index is 0.0570. The molecule has 1 aliphatic rings. The fraction of sp³-hybridized carbons (Fsp3) is 0.455. The van der Waals surface area contributed by atoms with E-state index in [9.17, 15) is 14.4 Å². The highest BCUT2D eigenvalue weighted by atomic mass is 16.4. The van der Waals surface area contributed by atoms with Crippen molar-refractivity contribution in [3.63, 3.8) is 0 Å². The summed E-state index contributed by atoms with van der Waals surface area (Å²) in [5.41, 5.74) is 5.30. The molecule has 8 nitrogen and oxygen atoms in total. The molecule has 0 bridgehead atoms. The van der Waals surface area contributed by atoms with Gasteiger partial charge in [0.05, 0.1) is 5.54 Å². The number of rotatable bonds is 7. The molecule has 30 heavy (non-hydrogen) atoms. The zero-order valence-corrected chi connectivity index (χ0v) is 17.3. The molecule has 0 spiro atoms. The number of amidine groups is 1. The zero-order chi connectivity index (χ0) is 22.5. The van der Waals surface area contributed by atoms with E-state index in [1.54, 1.807) is 43.0 Å². The number of carbonyl (C=O) groups is 3. The molecule has 0 saturated carbocycles. The number of terminal acetylenes is 1. The van der Waals surface area contributed by atoms with Gasteiger partial charge in [0, 0.05) is 30.6 Å². The third kappa shape index (κ3) is 5.60. The molecule has 1 fully saturated rings. The Morgan fingerprint density at radius 3 is 2.27 bits per heavy atom. The summed E-state index contributed by atoms with van der Waals surface area (Å²) >= 11 is 0. The van der Waals surface area contributed by atoms with Gasteiger partial charge in [0.2, 0.25) is 5.91 Å². The summed E-state index contributed by atoms with van der Waals surface area (Å²) in [5.74, 6) is 0.154. The number of hydrogen-bond donors (Lipinski definition) is 4. The quantitative estimate of drug-likeness (QED) is 0.305. The van der Waals surface area contributed by atoms with E-state index >= 15 is 0 Å². The van der Waals surface area contributed by atoms with Gasteiger partial charge in [-0.3, -0.25) is 19.8 Å². The van der Waals surface area contributed by atoms with E-state index in [-0.39, 0.29) is 30.0 Å². The Balaban J connectivity index is 2.04. The maximum Gasteiger partial charge on any atom is 0.303 e. The second-order valence-electron chi connectivity index (χ2n) is 8.13. The topological polar surface area (TPSA) is 137 Å². The van der Waals surface area contributed by atoms with Crippen LogP contribution < -0.4 is 11.1 Å². The van der Waals surface area contributed by atoms with Crippen LogP contribution in [0.4, 0.5) is 0 Å². The highest BCUT2D eigenvalue weighted by molar-refractivity contribution is 5.98. The predicted molar refractivity (Wildman–Crippen MR) is 113 cm³/mol. The van der Waals surface area contributed by atoms with Crippen molar-refractivity contribution in [3.05, 3.63) is 35.4 Å². The smallest absolute Gasteiger partial charge is 0.303 e. The number of piperidine rings is 1. The van der Waals surface area contributed by atoms with Crippen molar-refractivity contribution in [1.29, 1.82) is 5.41 Å². The lowest BCUT2D eigenvalue weighted by atomic mass is 9.85. The van der Waals surface area contributed by atoms with E-state index in [2.05, 4.69) is 11.2 Å². The third-order valence-corrected chi connectivity index (χ3v) is 5.42. The van der Waals surface area contributed by atoms with Gasteiger partial charge in [0.1, 0.15) is 11.8 Å². The number of aliphatic carboxylic acids is 1. The molecule has 160 valence electrons. The Bertz CT molecular complexity index is 862. The summed E-state index contributed by atoms with van der Waals surface area (Å²) in [4.78, 5) is 38.2. The molecule has 0 aliphatic carbocycles. The molecule has 1 saturated heterocycles. The van der Waals surface area contributed by atoms with Gasteiger partial charge in [-0.2, -0.15) is 0 Å². The van der Waals surface area contributed by atoms with Crippen LogP contribution in [0.3, 0.4) is 0 Å². The molecule has 2 rings (SSSR count). The lowest BCUT2D eigenvalue weighted by molar-refractivity contribution is -0.139. The molecule has 8 heteroatoms. The SMILES string of the molecule is C#CC(C(=O)N1CCC(CC(=O)O)CC1)C(C)(C)NC(=O)c1ccc(C(=N)N)cc1. The third-order valence-electron chi connectivity index (χ3n) is 5.42. The number of amides is 2. The van der Waals surface area contributed by atoms with Crippen LogP contribution in [0.1, 0.15) is 49.0 Å². The highest BCUT2D eigenvalue weighted by Gasteiger charge is 2.38. The highest BCUT2D eigenvalue weighted by Crippen LogP contribution is 2.25. The van der Waals surface area contributed by atoms with E-state index in [1.807, 2.05) is 0 Å². The minimum Gasteiger partial charge on any atom is -0.481 e. The first-order valence-electron chi connectivity index (χ1n) is 9.79. The Morgan fingerprint density at radius 1 is 1.27 bits per heavy atom. The van der Waals surface area contributed by atoms with Crippen LogP contribution in [0, 0.1) is 29.6 Å². The molecule has 0 radical (unpaired) electrons.